The average molecular weight is 315 g/mol. The van der Waals surface area contributed by atoms with Crippen LogP contribution in [0.25, 0.3) is 0 Å². The predicted octanol–water partition coefficient (Wildman–Crippen LogP) is -20.5. The zero-order chi connectivity index (χ0) is 6.85. The van der Waals surface area contributed by atoms with Crippen molar-refractivity contribution >= 4 is 0 Å². The maximum atomic E-state index is 10.0. The number of rotatable bonds is 0. The minimum absolute atomic E-state index is 0. The van der Waals surface area contributed by atoms with E-state index in [9.17, 15) is 15.3 Å². The van der Waals surface area contributed by atoms with E-state index in [1.807, 2.05) is 0 Å². The van der Waals surface area contributed by atoms with Gasteiger partial charge in [-0.1, -0.05) is 0 Å². The van der Waals surface area contributed by atoms with Crippen LogP contribution in [0.3, 0.4) is 0 Å². The molecule has 15 heavy (non-hydrogen) atoms. The molecule has 0 amide bonds. The number of hydrogen-bond donors (Lipinski definition) is 0. The van der Waals surface area contributed by atoms with E-state index < -0.39 is 18.0 Å². The quantitative estimate of drug-likeness (QED) is 0.440. The second-order valence-corrected chi connectivity index (χ2v) is 1.18. The van der Waals surface area contributed by atoms with E-state index in [1.54, 1.807) is 0 Å². The van der Waals surface area contributed by atoms with Gasteiger partial charge in [0.25, 0.3) is 0 Å². The second-order valence-electron chi connectivity index (χ2n) is 1.18. The van der Waals surface area contributed by atoms with Gasteiger partial charge in [0.1, 0.15) is 0 Å². The number of hydrogen-bond acceptors (Lipinski definition) is 6. The smallest absolute Gasteiger partial charge is 1.00 e. The molecule has 0 aliphatic carbocycles. The van der Waals surface area contributed by atoms with Gasteiger partial charge < -0.3 is 19.6 Å². The van der Waals surface area contributed by atoms with Crippen LogP contribution in [-0.2, 0) is 0 Å². The van der Waals surface area contributed by atoms with E-state index in [4.69, 9.17) is 0 Å². The van der Waals surface area contributed by atoms with Crippen LogP contribution < -0.4 is 258 Å². The molecule has 1 aromatic heterocycles. The molecule has 0 spiro atoms. The van der Waals surface area contributed by atoms with Crippen LogP contribution in [0.15, 0.2) is 0 Å². The van der Waals surface area contributed by atoms with Crippen LogP contribution in [0, 0.1) is 0 Å². The molecule has 0 unspecified atom stereocenters. The first-order valence-electron chi connectivity index (χ1n) is 1.95. The fraction of sp³-hybridized carbons (Fsp3) is 0. The largest absolute Gasteiger partial charge is 1.00 e. The molecular weight excluding hydrogens is 312 g/mol. The van der Waals surface area contributed by atoms with Gasteiger partial charge in [-0.05, 0) is 0 Å². The Hall–Kier alpha value is 6.32. The summed E-state index contributed by atoms with van der Waals surface area (Å²) in [6.45, 7) is 0. The van der Waals surface area contributed by atoms with E-state index in [2.05, 4.69) is 15.0 Å². The van der Waals surface area contributed by atoms with Gasteiger partial charge in [-0.25, -0.2) is 15.0 Å². The summed E-state index contributed by atoms with van der Waals surface area (Å²) < 4.78 is 0. The van der Waals surface area contributed by atoms with Gasteiger partial charge in [-0.3, -0.25) is 0 Å². The summed E-state index contributed by atoms with van der Waals surface area (Å²) in [5.74, 6) is 0. The molecule has 1 rings (SSSR count). The van der Waals surface area contributed by atoms with Gasteiger partial charge in [-0.2, -0.15) is 0 Å². The Labute approximate surface area is 286 Å². The molecule has 0 saturated heterocycles. The fourth-order valence-corrected chi connectivity index (χ4v) is 0.320. The van der Waals surface area contributed by atoms with Gasteiger partial charge in [0.15, 0.2) is 0 Å². The summed E-state index contributed by atoms with van der Waals surface area (Å²) in [5.41, 5.74) is 0. The van der Waals surface area contributed by atoms with E-state index in [-0.39, 0.29) is 247 Å². The molecule has 0 N–H and O–H groups in total. The zero-order valence-corrected chi connectivity index (χ0v) is 25.4. The van der Waals surface area contributed by atoms with Crippen LogP contribution in [0.5, 0.6) is 18.0 Å². The van der Waals surface area contributed by atoms with Crippen LogP contribution in [0.1, 0.15) is 4.28 Å². The summed E-state index contributed by atoms with van der Waals surface area (Å²) >= 11 is 0. The standard InChI is InChI=1S/C3H3N3O3.3K.3Na.3H/c7-1-4-2(8)6-3(9)5-1;;;;;;;;;/h(H3,4,5,6,7,8,9);;;;;;;;;/q;6*+1;3*-1/p-3. The van der Waals surface area contributed by atoms with Crippen LogP contribution in [0.4, 0.5) is 0 Å². The molecule has 6 nitrogen and oxygen atoms in total. The van der Waals surface area contributed by atoms with Crippen LogP contribution in [-0.4, -0.2) is 15.0 Å². The van der Waals surface area contributed by atoms with E-state index in [0.29, 0.717) is 0 Å². The molecule has 1 heterocycles. The third-order valence-corrected chi connectivity index (χ3v) is 0.574. The molecule has 0 radical (unpaired) electrons. The van der Waals surface area contributed by atoms with Crippen molar-refractivity contribution in [2.75, 3.05) is 0 Å². The molecule has 12 heteroatoms. The van der Waals surface area contributed by atoms with E-state index in [0.717, 1.165) is 0 Å². The molecule has 0 bridgehead atoms. The topological polar surface area (TPSA) is 108 Å². The van der Waals surface area contributed by atoms with Crippen molar-refractivity contribution in [1.82, 2.24) is 15.0 Å². The molecule has 0 fully saturated rings. The molecule has 0 aromatic carbocycles. The monoisotopic (exact) mass is 315 g/mol. The second kappa shape index (κ2) is 22.6. The maximum absolute atomic E-state index is 10.0. The SMILES string of the molecule is [H-].[H-].[H-].[K+].[K+].[K+].[Na+].[Na+].[Na+].[O-]c1nc([O-])nc([O-])n1. The molecular formula is C3H3K3N3Na3O3. The molecule has 54 valence electrons. The minimum Gasteiger partial charge on any atom is -1.00 e. The maximum Gasteiger partial charge on any atom is 1.00 e. The Morgan fingerprint density at radius 3 is 0.867 bits per heavy atom. The van der Waals surface area contributed by atoms with Crippen molar-refractivity contribution in [1.29, 1.82) is 0 Å². The van der Waals surface area contributed by atoms with E-state index in [1.165, 1.54) is 0 Å². The van der Waals surface area contributed by atoms with Gasteiger partial charge in [0.2, 0.25) is 0 Å². The molecule has 0 saturated carbocycles. The first kappa shape index (κ1) is 37.5. The number of nitrogens with zero attached hydrogens (tertiary/aromatic N) is 3. The Morgan fingerprint density at radius 1 is 0.600 bits per heavy atom. The first-order valence-corrected chi connectivity index (χ1v) is 1.95. The van der Waals surface area contributed by atoms with Crippen molar-refractivity contribution in [2.24, 2.45) is 0 Å². The zero-order valence-electron chi connectivity index (χ0n) is 13.1. The fourth-order valence-electron chi connectivity index (χ4n) is 0.320. The third kappa shape index (κ3) is 20.3. The Bertz CT molecular complexity index is 207. The van der Waals surface area contributed by atoms with Crippen molar-refractivity contribution in [3.8, 4) is 18.0 Å². The molecule has 0 aliphatic heterocycles. The molecule has 1 aromatic rings. The average Bonchev–Trinajstić information content (AvgIpc) is 1.59. The van der Waals surface area contributed by atoms with Crippen molar-refractivity contribution < 1.29 is 262 Å². The third-order valence-electron chi connectivity index (χ3n) is 0.574. The Morgan fingerprint density at radius 2 is 0.733 bits per heavy atom. The summed E-state index contributed by atoms with van der Waals surface area (Å²) in [4.78, 5) is 8.10. The van der Waals surface area contributed by atoms with Crippen LogP contribution in [0.2, 0.25) is 0 Å². The van der Waals surface area contributed by atoms with E-state index >= 15 is 0 Å². The summed E-state index contributed by atoms with van der Waals surface area (Å²) in [6, 6.07) is -3.25. The molecule has 0 atom stereocenters. The molecule has 0 aliphatic rings. The van der Waals surface area contributed by atoms with Gasteiger partial charge in [-0.15, -0.1) is 0 Å². The normalized spacial score (nSPS) is 5.60. The van der Waals surface area contributed by atoms with Crippen molar-refractivity contribution in [3.63, 3.8) is 0 Å². The van der Waals surface area contributed by atoms with Crippen molar-refractivity contribution in [2.45, 2.75) is 0 Å². The van der Waals surface area contributed by atoms with Crippen LogP contribution >= 0.6 is 0 Å². The first-order chi connectivity index (χ1) is 4.18. The van der Waals surface area contributed by atoms with Gasteiger partial charge in [0, 0.05) is 0 Å². The minimum atomic E-state index is -1.08. The van der Waals surface area contributed by atoms with Crippen molar-refractivity contribution in [3.05, 3.63) is 0 Å². The number of aromatic nitrogens is 3. The summed E-state index contributed by atoms with van der Waals surface area (Å²) in [6.07, 6.45) is 0. The van der Waals surface area contributed by atoms with Gasteiger partial charge in [0.05, 0.1) is 18.0 Å². The summed E-state index contributed by atoms with van der Waals surface area (Å²) in [5, 5.41) is 30.1. The Kier molecular flexibility index (Phi) is 56.5. The van der Waals surface area contributed by atoms with Gasteiger partial charge >= 0.3 is 243 Å². The summed E-state index contributed by atoms with van der Waals surface area (Å²) in [7, 11) is 0. The Balaban J connectivity index is -0.0000000129. The predicted molar refractivity (Wildman–Crippen MR) is 21.5 cm³/mol.